The normalized spacial score (nSPS) is 14.2. The van der Waals surface area contributed by atoms with Crippen molar-refractivity contribution in [3.05, 3.63) is 320 Å². The maximum atomic E-state index is 4.69. The Bertz CT molecular complexity index is 4950. The lowest BCUT2D eigenvalue weighted by molar-refractivity contribution is 0.857. The van der Waals surface area contributed by atoms with E-state index >= 15 is 0 Å². The summed E-state index contributed by atoms with van der Waals surface area (Å²) in [5.41, 5.74) is 23.1. The Morgan fingerprint density at radius 2 is 0.920 bits per heavy atom. The van der Waals surface area contributed by atoms with Gasteiger partial charge in [-0.15, -0.1) is 0 Å². The van der Waals surface area contributed by atoms with E-state index in [9.17, 15) is 0 Å². The van der Waals surface area contributed by atoms with E-state index in [1.165, 1.54) is 71.5 Å². The van der Waals surface area contributed by atoms with Crippen molar-refractivity contribution in [2.45, 2.75) is 31.6 Å². The number of benzene rings is 9. The molecule has 5 heterocycles. The summed E-state index contributed by atoms with van der Waals surface area (Å²) < 4.78 is 4.90. The largest absolute Gasteiger partial charge is 0.309 e. The first-order chi connectivity index (χ1) is 43.1. The van der Waals surface area contributed by atoms with Crippen LogP contribution in [0, 0.1) is 0 Å². The lowest BCUT2D eigenvalue weighted by Crippen LogP contribution is -2.03. The molecule has 16 rings (SSSR count). The smallest absolute Gasteiger partial charge is 0.159 e. The third-order valence-corrected chi connectivity index (χ3v) is 17.3. The van der Waals surface area contributed by atoms with Crippen LogP contribution in [0.5, 0.6) is 0 Å². The van der Waals surface area contributed by atoms with E-state index < -0.39 is 0 Å². The Labute approximate surface area is 504 Å². The van der Waals surface area contributed by atoms with Crippen molar-refractivity contribution in [2.24, 2.45) is 0 Å². The summed E-state index contributed by atoms with van der Waals surface area (Å²) in [5, 5.41) is 4.82. The van der Waals surface area contributed by atoms with Gasteiger partial charge in [-0.2, -0.15) is 0 Å². The first kappa shape index (κ1) is 51.4. The molecule has 2 aliphatic rings. The molecule has 0 bridgehead atoms. The number of nitrogens with zero attached hydrogens (tertiary/aromatic N) is 8. The van der Waals surface area contributed by atoms with Gasteiger partial charge in [0, 0.05) is 87.1 Å². The van der Waals surface area contributed by atoms with Crippen molar-refractivity contribution in [2.75, 3.05) is 0 Å². The predicted molar refractivity (Wildman–Crippen MR) is 355 cm³/mol. The van der Waals surface area contributed by atoms with E-state index in [2.05, 4.69) is 270 Å². The summed E-state index contributed by atoms with van der Waals surface area (Å²) in [7, 11) is 0. The monoisotopic (exact) mass is 1120 g/mol. The average Bonchev–Trinajstić information content (AvgIpc) is 1.89. The van der Waals surface area contributed by atoms with Crippen LogP contribution >= 0.6 is 0 Å². The molecule has 0 spiro atoms. The summed E-state index contributed by atoms with van der Waals surface area (Å²) >= 11 is 0. The van der Waals surface area contributed by atoms with E-state index in [1.54, 1.807) is 12.4 Å². The van der Waals surface area contributed by atoms with Crippen molar-refractivity contribution in [3.63, 3.8) is 0 Å². The minimum atomic E-state index is 0.135. The van der Waals surface area contributed by atoms with Crippen LogP contribution in [0.3, 0.4) is 0 Å². The van der Waals surface area contributed by atoms with Crippen LogP contribution in [0.25, 0.3) is 116 Å². The molecule has 0 saturated carbocycles. The zero-order valence-corrected chi connectivity index (χ0v) is 47.6. The van der Waals surface area contributed by atoms with Crippen LogP contribution in [0.1, 0.15) is 59.1 Å². The molecule has 0 aliphatic heterocycles. The van der Waals surface area contributed by atoms with Crippen LogP contribution in [-0.4, -0.2) is 39.0 Å². The van der Waals surface area contributed by atoms with E-state index in [4.69, 9.17) is 0 Å². The maximum absolute atomic E-state index is 4.69. The Morgan fingerprint density at radius 1 is 0.391 bits per heavy atom. The molecule has 9 aromatic carbocycles. The summed E-state index contributed by atoms with van der Waals surface area (Å²) in [6.45, 7) is 0. The standard InChI is InChI=1S/C79H56N8/c1-3-13-54(14-4-1)58-27-34-73-69(47-58)70-48-59(55-15-5-2-6-16-55)28-35-74(70)86(73)66-30-23-52(24-31-66)43-53-25-32-67(33-26-53)87-75-36-29-60(56-17-7-20-62(44-56)77-80-37-10-38-81-77)49-71(75)72-51-65(57-18-8-21-63(45-57)78-82-39-11-40-83-78)50-68(76(72)87)61-19-9-22-64(46-61)79-84-41-12-42-85-79/h1-7,9-20,22-42,45-51,56H,8,21,43-44H2. The van der Waals surface area contributed by atoms with Gasteiger partial charge in [0.15, 0.2) is 17.5 Å². The number of fused-ring (bicyclic) bond motifs is 6. The summed E-state index contributed by atoms with van der Waals surface area (Å²) in [6, 6.07) is 79.7. The van der Waals surface area contributed by atoms with Gasteiger partial charge >= 0.3 is 0 Å². The third kappa shape index (κ3) is 9.73. The van der Waals surface area contributed by atoms with Crippen LogP contribution in [0.15, 0.2) is 286 Å². The molecule has 0 amide bonds. The number of rotatable bonds is 12. The molecule has 2 aliphatic carbocycles. The predicted octanol–water partition coefficient (Wildman–Crippen LogP) is 18.9. The molecule has 87 heavy (non-hydrogen) atoms. The van der Waals surface area contributed by atoms with Gasteiger partial charge in [-0.05, 0) is 196 Å². The highest BCUT2D eigenvalue weighted by molar-refractivity contribution is 6.16. The second kappa shape index (κ2) is 22.1. The van der Waals surface area contributed by atoms with Gasteiger partial charge in [0.2, 0.25) is 0 Å². The van der Waals surface area contributed by atoms with E-state index in [-0.39, 0.29) is 5.92 Å². The van der Waals surface area contributed by atoms with Crippen LogP contribution in [0.2, 0.25) is 0 Å². The van der Waals surface area contributed by atoms with Gasteiger partial charge in [0.1, 0.15) is 0 Å². The van der Waals surface area contributed by atoms with E-state index in [1.807, 2.05) is 43.0 Å². The fourth-order valence-electron chi connectivity index (χ4n) is 13.1. The summed E-state index contributed by atoms with van der Waals surface area (Å²) in [4.78, 5) is 28.0. The molecule has 0 fully saturated rings. The first-order valence-corrected chi connectivity index (χ1v) is 29.8. The van der Waals surface area contributed by atoms with E-state index in [0.29, 0.717) is 5.82 Å². The molecule has 0 N–H and O–H groups in total. The Balaban J connectivity index is 0.799. The lowest BCUT2D eigenvalue weighted by Gasteiger charge is -2.18. The fraction of sp³-hybridized carbons (Fsp3) is 0.0633. The molecule has 1 unspecified atom stereocenters. The number of aromatic nitrogens is 8. The molecular weight excluding hydrogens is 1060 g/mol. The summed E-state index contributed by atoms with van der Waals surface area (Å²) in [5.74, 6) is 2.36. The molecular formula is C79H56N8. The lowest BCUT2D eigenvalue weighted by atomic mass is 9.87. The van der Waals surface area contributed by atoms with Gasteiger partial charge in [-0.3, -0.25) is 0 Å². The second-order valence-corrected chi connectivity index (χ2v) is 22.6. The van der Waals surface area contributed by atoms with Gasteiger partial charge < -0.3 is 9.13 Å². The molecule has 1 atom stereocenters. The number of hydrogen-bond donors (Lipinski definition) is 0. The Kier molecular flexibility index (Phi) is 13.1. The molecule has 8 heteroatoms. The molecule has 0 saturated heterocycles. The van der Waals surface area contributed by atoms with Crippen molar-refractivity contribution < 1.29 is 0 Å². The van der Waals surface area contributed by atoms with Crippen LogP contribution in [0.4, 0.5) is 0 Å². The number of allylic oxidation sites excluding steroid dienone is 8. The van der Waals surface area contributed by atoms with Crippen LogP contribution < -0.4 is 0 Å². The first-order valence-electron chi connectivity index (χ1n) is 29.8. The quantitative estimate of drug-likeness (QED) is 0.121. The summed E-state index contributed by atoms with van der Waals surface area (Å²) in [6.07, 6.45) is 25.5. The van der Waals surface area contributed by atoms with Gasteiger partial charge in [-0.25, -0.2) is 29.9 Å². The Morgan fingerprint density at radius 3 is 1.55 bits per heavy atom. The maximum Gasteiger partial charge on any atom is 0.159 e. The third-order valence-electron chi connectivity index (χ3n) is 17.3. The molecule has 14 aromatic rings. The van der Waals surface area contributed by atoms with Gasteiger partial charge in [0.05, 0.1) is 22.1 Å². The van der Waals surface area contributed by atoms with Gasteiger partial charge in [0.25, 0.3) is 0 Å². The van der Waals surface area contributed by atoms with Crippen LogP contribution in [-0.2, 0) is 6.42 Å². The molecule has 0 radical (unpaired) electrons. The molecule has 8 nitrogen and oxygen atoms in total. The van der Waals surface area contributed by atoms with Crippen molar-refractivity contribution in [3.8, 4) is 56.1 Å². The minimum Gasteiger partial charge on any atom is -0.309 e. The van der Waals surface area contributed by atoms with E-state index in [0.717, 1.165) is 98.7 Å². The molecule has 412 valence electrons. The van der Waals surface area contributed by atoms with Crippen molar-refractivity contribution in [1.29, 1.82) is 0 Å². The minimum absolute atomic E-state index is 0.135. The fourth-order valence-corrected chi connectivity index (χ4v) is 13.1. The highest BCUT2D eigenvalue weighted by atomic mass is 15.0. The number of hydrogen-bond acceptors (Lipinski definition) is 6. The van der Waals surface area contributed by atoms with Gasteiger partial charge in [-0.1, -0.05) is 146 Å². The molecule has 5 aromatic heterocycles. The van der Waals surface area contributed by atoms with Crippen molar-refractivity contribution >= 4 is 60.3 Å². The topological polar surface area (TPSA) is 87.2 Å². The van der Waals surface area contributed by atoms with Crippen molar-refractivity contribution in [1.82, 2.24) is 39.0 Å². The highest BCUT2D eigenvalue weighted by Gasteiger charge is 2.24. The zero-order valence-electron chi connectivity index (χ0n) is 47.6. The average molecular weight is 1120 g/mol. The SMILES string of the molecule is C1=CC(c2ccc3c(c2)c2cc(C4=CCCC(c5ncccn5)=C4)cc(-c4cccc(-c5ncccn5)c4)c2n3-c2ccc(Cc3ccc(-n4c5ccc(-c6ccccc6)cc5c5cc(-c6ccccc6)ccc54)cc3)cc2)CC(c2ncccn2)=C1. The highest BCUT2D eigenvalue weighted by Crippen LogP contribution is 2.45. The second-order valence-electron chi connectivity index (χ2n) is 22.6. The Hall–Kier alpha value is -11.2. The zero-order chi connectivity index (χ0) is 57.6.